The maximum atomic E-state index is 13.0. The zero-order valence-corrected chi connectivity index (χ0v) is 19.0. The highest BCUT2D eigenvalue weighted by atomic mass is 35.5. The van der Waals surface area contributed by atoms with E-state index in [-0.39, 0.29) is 11.8 Å². The van der Waals surface area contributed by atoms with Crippen LogP contribution in [0.1, 0.15) is 32.0 Å². The van der Waals surface area contributed by atoms with Crippen molar-refractivity contribution in [2.45, 2.75) is 13.5 Å². The first-order valence-electron chi connectivity index (χ1n) is 10.6. The Morgan fingerprint density at radius 1 is 1.03 bits per heavy atom. The van der Waals surface area contributed by atoms with Crippen LogP contribution in [-0.4, -0.2) is 57.6 Å². The Labute approximate surface area is 192 Å². The minimum absolute atomic E-state index is 0.131. The van der Waals surface area contributed by atoms with Crippen LogP contribution in [0.5, 0.6) is 0 Å². The van der Waals surface area contributed by atoms with Crippen LogP contribution in [0.25, 0.3) is 0 Å². The second-order valence-corrected chi connectivity index (χ2v) is 8.44. The van der Waals surface area contributed by atoms with Crippen LogP contribution in [-0.2, 0) is 13.6 Å². The van der Waals surface area contributed by atoms with E-state index in [1.807, 2.05) is 4.90 Å². The predicted molar refractivity (Wildman–Crippen MR) is 125 cm³/mol. The molecule has 0 bridgehead atoms. The molecule has 1 aliphatic heterocycles. The maximum absolute atomic E-state index is 13.0. The standard InChI is InChI=1S/C24H26ClN5O2/c1-17-6-5-7-18(14-17)16-29-10-12-30(13-11-29)24(32)21-15-22(28(2)27-21)26-23(31)19-8-3-4-9-20(19)25/h3-9,14-15H,10-13,16H2,1-2H3,(H,26,31). The minimum atomic E-state index is -0.345. The molecule has 2 aromatic carbocycles. The number of aromatic nitrogens is 2. The van der Waals surface area contributed by atoms with E-state index in [4.69, 9.17) is 11.6 Å². The maximum Gasteiger partial charge on any atom is 0.274 e. The molecule has 1 aromatic heterocycles. The summed E-state index contributed by atoms with van der Waals surface area (Å²) < 4.78 is 1.50. The number of carbonyl (C=O) groups excluding carboxylic acids is 2. The van der Waals surface area contributed by atoms with Gasteiger partial charge in [-0.1, -0.05) is 53.6 Å². The quantitative estimate of drug-likeness (QED) is 0.643. The van der Waals surface area contributed by atoms with E-state index in [0.717, 1.165) is 19.6 Å². The van der Waals surface area contributed by atoms with Crippen molar-refractivity contribution >= 4 is 29.2 Å². The lowest BCUT2D eigenvalue weighted by Gasteiger charge is -2.34. The van der Waals surface area contributed by atoms with Gasteiger partial charge in [0.05, 0.1) is 10.6 Å². The number of amides is 2. The van der Waals surface area contributed by atoms with Crippen LogP contribution < -0.4 is 5.32 Å². The lowest BCUT2D eigenvalue weighted by atomic mass is 10.1. The van der Waals surface area contributed by atoms with Gasteiger partial charge in [0.25, 0.3) is 11.8 Å². The van der Waals surface area contributed by atoms with Crippen molar-refractivity contribution in [2.24, 2.45) is 7.05 Å². The summed E-state index contributed by atoms with van der Waals surface area (Å²) >= 11 is 6.10. The average molecular weight is 452 g/mol. The van der Waals surface area contributed by atoms with Crippen molar-refractivity contribution < 1.29 is 9.59 Å². The van der Waals surface area contributed by atoms with Crippen LogP contribution >= 0.6 is 11.6 Å². The summed E-state index contributed by atoms with van der Waals surface area (Å²) in [6.07, 6.45) is 0. The molecule has 166 valence electrons. The van der Waals surface area contributed by atoms with Gasteiger partial charge in [-0.05, 0) is 24.6 Å². The Bertz CT molecular complexity index is 1130. The van der Waals surface area contributed by atoms with Gasteiger partial charge in [0.2, 0.25) is 0 Å². The van der Waals surface area contributed by atoms with E-state index in [9.17, 15) is 9.59 Å². The van der Waals surface area contributed by atoms with E-state index >= 15 is 0 Å². The zero-order valence-electron chi connectivity index (χ0n) is 18.2. The van der Waals surface area contributed by atoms with Crippen molar-refractivity contribution in [3.8, 4) is 0 Å². The summed E-state index contributed by atoms with van der Waals surface area (Å²) in [6.45, 7) is 5.87. The molecule has 1 aliphatic rings. The van der Waals surface area contributed by atoms with Crippen LogP contribution in [0.15, 0.2) is 54.6 Å². The fraction of sp³-hybridized carbons (Fsp3) is 0.292. The average Bonchev–Trinajstić information content (AvgIpc) is 3.14. The number of halogens is 1. The number of hydrogen-bond acceptors (Lipinski definition) is 4. The van der Waals surface area contributed by atoms with E-state index in [2.05, 4.69) is 46.5 Å². The minimum Gasteiger partial charge on any atom is -0.335 e. The molecule has 8 heteroatoms. The normalized spacial score (nSPS) is 14.4. The van der Waals surface area contributed by atoms with E-state index in [0.29, 0.717) is 35.2 Å². The number of aryl methyl sites for hydroxylation is 2. The largest absolute Gasteiger partial charge is 0.335 e. The Kier molecular flexibility index (Phi) is 6.58. The SMILES string of the molecule is Cc1cccc(CN2CCN(C(=O)c3cc(NC(=O)c4ccccc4Cl)n(C)n3)CC2)c1. The highest BCUT2D eigenvalue weighted by molar-refractivity contribution is 6.34. The number of nitrogens with one attached hydrogen (secondary N) is 1. The Hall–Kier alpha value is -3.16. The first kappa shape index (κ1) is 22.0. The van der Waals surface area contributed by atoms with Gasteiger partial charge in [-0.15, -0.1) is 0 Å². The van der Waals surface area contributed by atoms with Gasteiger partial charge >= 0.3 is 0 Å². The number of benzene rings is 2. The lowest BCUT2D eigenvalue weighted by Crippen LogP contribution is -2.48. The molecule has 1 N–H and O–H groups in total. The van der Waals surface area contributed by atoms with Gasteiger partial charge in [-0.3, -0.25) is 19.2 Å². The van der Waals surface area contributed by atoms with Crippen LogP contribution in [0.4, 0.5) is 5.82 Å². The number of hydrogen-bond donors (Lipinski definition) is 1. The van der Waals surface area contributed by atoms with Crippen LogP contribution in [0.3, 0.4) is 0 Å². The molecule has 2 amide bonds. The topological polar surface area (TPSA) is 70.5 Å². The summed E-state index contributed by atoms with van der Waals surface area (Å²) in [5.74, 6) is -0.0345. The Balaban J connectivity index is 1.36. The first-order valence-corrected chi connectivity index (χ1v) is 11.0. The van der Waals surface area contributed by atoms with Crippen LogP contribution in [0.2, 0.25) is 5.02 Å². The molecular formula is C24H26ClN5O2. The molecule has 32 heavy (non-hydrogen) atoms. The molecule has 0 saturated carbocycles. The first-order chi connectivity index (χ1) is 15.4. The van der Waals surface area contributed by atoms with Gasteiger partial charge in [0.1, 0.15) is 5.82 Å². The Morgan fingerprint density at radius 2 is 1.78 bits per heavy atom. The van der Waals surface area contributed by atoms with Crippen molar-refractivity contribution in [1.29, 1.82) is 0 Å². The van der Waals surface area contributed by atoms with Gasteiger partial charge in [-0.25, -0.2) is 0 Å². The van der Waals surface area contributed by atoms with Crippen molar-refractivity contribution in [3.05, 3.63) is 82.0 Å². The molecule has 1 fully saturated rings. The third kappa shape index (κ3) is 5.00. The number of anilines is 1. The summed E-state index contributed by atoms with van der Waals surface area (Å²) in [5.41, 5.74) is 3.22. The van der Waals surface area contributed by atoms with Gasteiger partial charge in [0, 0.05) is 45.8 Å². The third-order valence-corrected chi connectivity index (χ3v) is 5.94. The van der Waals surface area contributed by atoms with Crippen molar-refractivity contribution in [3.63, 3.8) is 0 Å². The fourth-order valence-electron chi connectivity index (χ4n) is 3.86. The second-order valence-electron chi connectivity index (χ2n) is 8.03. The van der Waals surface area contributed by atoms with Gasteiger partial charge < -0.3 is 10.2 Å². The number of piperazine rings is 1. The monoisotopic (exact) mass is 451 g/mol. The zero-order chi connectivity index (χ0) is 22.7. The van der Waals surface area contributed by atoms with Gasteiger partial charge in [-0.2, -0.15) is 5.10 Å². The van der Waals surface area contributed by atoms with Crippen LogP contribution in [0, 0.1) is 6.92 Å². The Morgan fingerprint density at radius 3 is 2.50 bits per heavy atom. The van der Waals surface area contributed by atoms with Crippen molar-refractivity contribution in [1.82, 2.24) is 19.6 Å². The molecule has 4 rings (SSSR count). The number of carbonyl (C=O) groups is 2. The summed E-state index contributed by atoms with van der Waals surface area (Å²) in [4.78, 5) is 29.7. The van der Waals surface area contributed by atoms with E-state index in [1.165, 1.54) is 15.8 Å². The highest BCUT2D eigenvalue weighted by Gasteiger charge is 2.25. The molecule has 1 saturated heterocycles. The lowest BCUT2D eigenvalue weighted by molar-refractivity contribution is 0.0622. The molecule has 7 nitrogen and oxygen atoms in total. The number of nitrogens with zero attached hydrogens (tertiary/aromatic N) is 4. The molecular weight excluding hydrogens is 426 g/mol. The highest BCUT2D eigenvalue weighted by Crippen LogP contribution is 2.19. The van der Waals surface area contributed by atoms with Gasteiger partial charge in [0.15, 0.2) is 5.69 Å². The second kappa shape index (κ2) is 9.54. The molecule has 3 aromatic rings. The molecule has 0 aliphatic carbocycles. The molecule has 2 heterocycles. The molecule has 0 atom stereocenters. The molecule has 0 unspecified atom stereocenters. The fourth-order valence-corrected chi connectivity index (χ4v) is 4.08. The smallest absolute Gasteiger partial charge is 0.274 e. The molecule has 0 radical (unpaired) electrons. The van der Waals surface area contributed by atoms with E-state index in [1.54, 1.807) is 37.4 Å². The molecule has 0 spiro atoms. The van der Waals surface area contributed by atoms with Crippen molar-refractivity contribution in [2.75, 3.05) is 31.5 Å². The number of rotatable bonds is 5. The summed E-state index contributed by atoms with van der Waals surface area (Å²) in [6, 6.07) is 16.9. The van der Waals surface area contributed by atoms with E-state index < -0.39 is 0 Å². The summed E-state index contributed by atoms with van der Waals surface area (Å²) in [7, 11) is 1.69. The summed E-state index contributed by atoms with van der Waals surface area (Å²) in [5, 5.41) is 7.47. The third-order valence-electron chi connectivity index (χ3n) is 5.61. The predicted octanol–water partition coefficient (Wildman–Crippen LogP) is 3.59.